The Labute approximate surface area is 154 Å². The minimum Gasteiger partial charge on any atom is -0.455 e. The predicted molar refractivity (Wildman–Crippen MR) is 97.9 cm³/mol. The van der Waals surface area contributed by atoms with E-state index < -0.39 is 4.92 Å². The van der Waals surface area contributed by atoms with Crippen LogP contribution in [0.5, 0.6) is 0 Å². The molecule has 0 aliphatic heterocycles. The van der Waals surface area contributed by atoms with Crippen molar-refractivity contribution in [3.8, 4) is 11.3 Å². The van der Waals surface area contributed by atoms with Gasteiger partial charge in [-0.3, -0.25) is 14.9 Å². The quantitative estimate of drug-likeness (QED) is 0.375. The number of halogens is 1. The predicted octanol–water partition coefficient (Wildman–Crippen LogP) is 4.44. The van der Waals surface area contributed by atoms with Crippen LogP contribution in [0.3, 0.4) is 0 Å². The highest BCUT2D eigenvalue weighted by Gasteiger charge is 2.13. The first-order valence-corrected chi connectivity index (χ1v) is 8.63. The topological polar surface area (TPSA) is 97.7 Å². The number of nitrogens with zero attached hydrogens (tertiary/aromatic N) is 2. The second kappa shape index (κ2) is 7.41. The molecule has 1 N–H and O–H groups in total. The molecular weight excluding hydrogens is 410 g/mol. The number of carbonyl (C=O) groups excluding carboxylic acids is 1. The number of hydrogen-bond donors (Lipinski definition) is 1. The summed E-state index contributed by atoms with van der Waals surface area (Å²) in [6, 6.07) is 11.3. The molecule has 3 rings (SSSR count). The maximum Gasteiger partial charge on any atom is 0.281 e. The standard InChI is InChI=1S/C16H10BrN3O4S/c17-13-8-10(20(22)23)3-5-12(13)14-6-4-11(24-14)9-18-19-16(21)15-2-1-7-25-15/h1-9H,(H,19,21). The molecule has 9 heteroatoms. The number of nitro benzene ring substituents is 1. The van der Waals surface area contributed by atoms with Crippen LogP contribution in [0.2, 0.25) is 0 Å². The first-order valence-electron chi connectivity index (χ1n) is 6.95. The van der Waals surface area contributed by atoms with E-state index in [9.17, 15) is 14.9 Å². The van der Waals surface area contributed by atoms with Crippen molar-refractivity contribution in [2.24, 2.45) is 5.10 Å². The number of thiophene rings is 1. The van der Waals surface area contributed by atoms with Crippen molar-refractivity contribution in [3.63, 3.8) is 0 Å². The Morgan fingerprint density at radius 3 is 2.84 bits per heavy atom. The van der Waals surface area contributed by atoms with Gasteiger partial charge in [0.25, 0.3) is 11.6 Å². The number of benzene rings is 1. The summed E-state index contributed by atoms with van der Waals surface area (Å²) in [5.41, 5.74) is 3.07. The third-order valence-corrected chi connectivity index (χ3v) is 4.68. The smallest absolute Gasteiger partial charge is 0.281 e. The lowest BCUT2D eigenvalue weighted by Gasteiger charge is -2.00. The number of hydrogen-bond acceptors (Lipinski definition) is 6. The largest absolute Gasteiger partial charge is 0.455 e. The molecule has 25 heavy (non-hydrogen) atoms. The van der Waals surface area contributed by atoms with E-state index >= 15 is 0 Å². The highest BCUT2D eigenvalue weighted by Crippen LogP contribution is 2.32. The van der Waals surface area contributed by atoms with Crippen LogP contribution in [0, 0.1) is 10.1 Å². The summed E-state index contributed by atoms with van der Waals surface area (Å²) in [5.74, 6) is 0.663. The number of hydrazone groups is 1. The lowest BCUT2D eigenvalue weighted by Crippen LogP contribution is -2.15. The maximum absolute atomic E-state index is 11.7. The fraction of sp³-hybridized carbons (Fsp3) is 0. The summed E-state index contributed by atoms with van der Waals surface area (Å²) in [7, 11) is 0. The van der Waals surface area contributed by atoms with Crippen molar-refractivity contribution in [3.05, 3.63) is 73.1 Å². The number of rotatable bonds is 5. The number of nitrogens with one attached hydrogen (secondary N) is 1. The average Bonchev–Trinajstić information content (AvgIpc) is 3.26. The summed E-state index contributed by atoms with van der Waals surface area (Å²) in [6.45, 7) is 0. The summed E-state index contributed by atoms with van der Waals surface area (Å²) < 4.78 is 6.17. The van der Waals surface area contributed by atoms with Crippen molar-refractivity contribution in [2.45, 2.75) is 0 Å². The number of furan rings is 1. The molecule has 0 spiro atoms. The average molecular weight is 420 g/mol. The maximum atomic E-state index is 11.7. The molecule has 0 saturated heterocycles. The first kappa shape index (κ1) is 17.1. The van der Waals surface area contributed by atoms with Gasteiger partial charge in [-0.05, 0) is 45.6 Å². The van der Waals surface area contributed by atoms with E-state index in [1.54, 1.807) is 35.7 Å². The van der Waals surface area contributed by atoms with Crippen LogP contribution >= 0.6 is 27.3 Å². The van der Waals surface area contributed by atoms with Gasteiger partial charge in [0, 0.05) is 22.2 Å². The highest BCUT2D eigenvalue weighted by atomic mass is 79.9. The van der Waals surface area contributed by atoms with Crippen LogP contribution < -0.4 is 5.43 Å². The fourth-order valence-corrected chi connectivity index (χ4v) is 3.18. The van der Waals surface area contributed by atoms with E-state index in [4.69, 9.17) is 4.42 Å². The van der Waals surface area contributed by atoms with E-state index in [1.165, 1.54) is 29.7 Å². The van der Waals surface area contributed by atoms with Crippen molar-refractivity contribution < 1.29 is 14.1 Å². The normalized spacial score (nSPS) is 10.9. The van der Waals surface area contributed by atoms with Gasteiger partial charge in [-0.1, -0.05) is 6.07 Å². The molecule has 1 aromatic carbocycles. The molecule has 3 aromatic rings. The Bertz CT molecular complexity index is 950. The monoisotopic (exact) mass is 419 g/mol. The Kier molecular flexibility index (Phi) is 5.05. The van der Waals surface area contributed by atoms with Crippen LogP contribution in [0.1, 0.15) is 15.4 Å². The minimum atomic E-state index is -0.467. The minimum absolute atomic E-state index is 0.0137. The number of nitro groups is 1. The van der Waals surface area contributed by atoms with Gasteiger partial charge in [-0.15, -0.1) is 11.3 Å². The molecule has 0 unspecified atom stereocenters. The zero-order valence-corrected chi connectivity index (χ0v) is 14.9. The van der Waals surface area contributed by atoms with Gasteiger partial charge >= 0.3 is 0 Å². The molecule has 126 valence electrons. The molecule has 2 aromatic heterocycles. The van der Waals surface area contributed by atoms with Crippen LogP contribution in [0.25, 0.3) is 11.3 Å². The Morgan fingerprint density at radius 1 is 1.32 bits per heavy atom. The van der Waals surface area contributed by atoms with E-state index in [-0.39, 0.29) is 11.6 Å². The lowest BCUT2D eigenvalue weighted by atomic mass is 10.1. The van der Waals surface area contributed by atoms with Crippen molar-refractivity contribution in [2.75, 3.05) is 0 Å². The molecule has 0 atom stereocenters. The third kappa shape index (κ3) is 4.01. The van der Waals surface area contributed by atoms with Crippen LogP contribution in [-0.4, -0.2) is 17.0 Å². The lowest BCUT2D eigenvalue weighted by molar-refractivity contribution is -0.384. The number of non-ortho nitro benzene ring substituents is 1. The Hall–Kier alpha value is -2.78. The van der Waals surface area contributed by atoms with E-state index in [0.717, 1.165) is 0 Å². The SMILES string of the molecule is O=C(NN=Cc1ccc(-c2ccc([N+](=O)[O-])cc2Br)o1)c1cccs1. The van der Waals surface area contributed by atoms with Crippen molar-refractivity contribution >= 4 is 45.1 Å². The van der Waals surface area contributed by atoms with Crippen molar-refractivity contribution in [1.82, 2.24) is 5.43 Å². The van der Waals surface area contributed by atoms with Crippen LogP contribution in [0.15, 0.2) is 61.8 Å². The van der Waals surface area contributed by atoms with Gasteiger partial charge in [-0.25, -0.2) is 5.43 Å². The first-order chi connectivity index (χ1) is 12.0. The Balaban J connectivity index is 1.71. The van der Waals surface area contributed by atoms with Crippen LogP contribution in [0.4, 0.5) is 5.69 Å². The van der Waals surface area contributed by atoms with Gasteiger partial charge in [0.1, 0.15) is 11.5 Å². The molecule has 0 aliphatic carbocycles. The number of carbonyl (C=O) groups is 1. The molecular formula is C16H10BrN3O4S. The van der Waals surface area contributed by atoms with Gasteiger partial charge in [0.2, 0.25) is 0 Å². The molecule has 7 nitrogen and oxygen atoms in total. The molecule has 0 fully saturated rings. The summed E-state index contributed by atoms with van der Waals surface area (Å²) in [6.07, 6.45) is 1.38. The molecule has 0 saturated carbocycles. The third-order valence-electron chi connectivity index (χ3n) is 3.16. The summed E-state index contributed by atoms with van der Waals surface area (Å²) in [4.78, 5) is 22.6. The zero-order valence-electron chi connectivity index (χ0n) is 12.5. The van der Waals surface area contributed by atoms with Crippen molar-refractivity contribution in [1.29, 1.82) is 0 Å². The van der Waals surface area contributed by atoms with Gasteiger partial charge < -0.3 is 4.42 Å². The molecule has 2 heterocycles. The van der Waals surface area contributed by atoms with Crippen LogP contribution in [-0.2, 0) is 0 Å². The summed E-state index contributed by atoms with van der Waals surface area (Å²) in [5, 5.41) is 16.4. The highest BCUT2D eigenvalue weighted by molar-refractivity contribution is 9.10. The second-order valence-corrected chi connectivity index (χ2v) is 6.60. The molecule has 1 amide bonds. The van der Waals surface area contributed by atoms with Gasteiger partial charge in [-0.2, -0.15) is 5.10 Å². The van der Waals surface area contributed by atoms with E-state index in [2.05, 4.69) is 26.5 Å². The molecule has 0 bridgehead atoms. The van der Waals surface area contributed by atoms with Gasteiger partial charge in [0.15, 0.2) is 0 Å². The summed E-state index contributed by atoms with van der Waals surface area (Å²) >= 11 is 4.62. The molecule has 0 aliphatic rings. The number of amides is 1. The molecule has 0 radical (unpaired) electrons. The van der Waals surface area contributed by atoms with Gasteiger partial charge in [0.05, 0.1) is 16.0 Å². The van der Waals surface area contributed by atoms with E-state index in [0.29, 0.717) is 26.4 Å². The zero-order chi connectivity index (χ0) is 17.8. The second-order valence-electron chi connectivity index (χ2n) is 4.80. The fourth-order valence-electron chi connectivity index (χ4n) is 2.00. The van der Waals surface area contributed by atoms with E-state index in [1.807, 2.05) is 0 Å². The Morgan fingerprint density at radius 2 is 2.16 bits per heavy atom.